The second-order valence-electron chi connectivity index (χ2n) is 10.1. The number of carboxylic acids is 1. The third kappa shape index (κ3) is 13.7. The first-order valence-corrected chi connectivity index (χ1v) is 14.6. The number of esters is 2. The number of Topliss-reactive ketones (excluding diaryl/α,β-unsaturated/α-hetero) is 1. The number of carbonyl (C=O) groups is 4. The van der Waals surface area contributed by atoms with Crippen LogP contribution in [0.3, 0.4) is 0 Å². The molecular weight excluding hydrogens is 632 g/mol. The summed E-state index contributed by atoms with van der Waals surface area (Å²) in [4.78, 5) is 71.9. The Kier molecular flexibility index (Phi) is 17.0. The van der Waals surface area contributed by atoms with Gasteiger partial charge in [0.2, 0.25) is 0 Å². The van der Waals surface area contributed by atoms with Gasteiger partial charge in [-0.3, -0.25) is 28.7 Å². The predicted octanol–water partition coefficient (Wildman–Crippen LogP) is -1.41. The number of aromatic nitrogens is 2. The van der Waals surface area contributed by atoms with Crippen LogP contribution in [0.5, 0.6) is 0 Å². The van der Waals surface area contributed by atoms with Crippen molar-refractivity contribution in [3.63, 3.8) is 0 Å². The van der Waals surface area contributed by atoms with E-state index in [-0.39, 0.29) is 57.2 Å². The number of hydrogen-bond donors (Lipinski definition) is 4. The van der Waals surface area contributed by atoms with E-state index in [1.54, 1.807) is 0 Å². The molecule has 0 saturated carbocycles. The fourth-order valence-corrected chi connectivity index (χ4v) is 4.10. The minimum absolute atomic E-state index is 0.0775. The summed E-state index contributed by atoms with van der Waals surface area (Å²) in [7, 11) is 0. The number of aliphatic hydroxyl groups is 2. The van der Waals surface area contributed by atoms with Gasteiger partial charge in [0, 0.05) is 39.5 Å². The van der Waals surface area contributed by atoms with E-state index in [4.69, 9.17) is 38.3 Å². The van der Waals surface area contributed by atoms with Crippen LogP contribution in [0, 0.1) is 11.8 Å². The van der Waals surface area contributed by atoms with Crippen molar-refractivity contribution in [2.75, 3.05) is 39.6 Å². The molecule has 0 spiro atoms. The minimum atomic E-state index is -1.56. The SMILES string of the molecule is CC(=O)CC(OCCCCC#Cc1cn([C@@H]2O[C@H](CO)[C@@H](O)[C@H]2OC(OCCOC(C)=O)OCCOC(C)=O)c(=O)[nH]c1=O)C(=O)O. The van der Waals surface area contributed by atoms with E-state index in [0.29, 0.717) is 12.8 Å². The number of H-pyrrole nitrogens is 1. The summed E-state index contributed by atoms with van der Waals surface area (Å²) >= 11 is 0. The zero-order chi connectivity index (χ0) is 34.9. The van der Waals surface area contributed by atoms with Crippen molar-refractivity contribution in [3.05, 3.63) is 32.6 Å². The number of carbonyl (C=O) groups excluding carboxylic acids is 3. The molecule has 4 N–H and O–H groups in total. The van der Waals surface area contributed by atoms with Crippen LogP contribution in [0.15, 0.2) is 15.8 Å². The van der Waals surface area contributed by atoms with Crippen LogP contribution in [0.4, 0.5) is 0 Å². The summed E-state index contributed by atoms with van der Waals surface area (Å²) in [5.74, 6) is 2.76. The van der Waals surface area contributed by atoms with E-state index < -0.39 is 72.9 Å². The van der Waals surface area contributed by atoms with Crippen LogP contribution in [0.1, 0.15) is 58.2 Å². The monoisotopic (exact) mass is 672 g/mol. The number of hydrogen-bond acceptors (Lipinski definition) is 15. The van der Waals surface area contributed by atoms with Crippen LogP contribution >= 0.6 is 0 Å². The summed E-state index contributed by atoms with van der Waals surface area (Å²) in [5, 5.41) is 29.7. The van der Waals surface area contributed by atoms with E-state index in [9.17, 15) is 39.0 Å². The fourth-order valence-electron chi connectivity index (χ4n) is 4.10. The number of aliphatic hydroxyl groups excluding tert-OH is 2. The van der Waals surface area contributed by atoms with Crippen molar-refractivity contribution >= 4 is 23.7 Å². The number of aromatic amines is 1. The second kappa shape index (κ2) is 20.3. The molecule has 1 fully saturated rings. The lowest BCUT2D eigenvalue weighted by Gasteiger charge is -2.27. The molecule has 262 valence electrons. The van der Waals surface area contributed by atoms with E-state index >= 15 is 0 Å². The van der Waals surface area contributed by atoms with Gasteiger partial charge in [0.15, 0.2) is 12.3 Å². The van der Waals surface area contributed by atoms with E-state index in [1.165, 1.54) is 20.8 Å². The Morgan fingerprint density at radius 3 is 2.17 bits per heavy atom. The van der Waals surface area contributed by atoms with Gasteiger partial charge in [0.05, 0.1) is 19.8 Å². The Balaban J connectivity index is 2.16. The van der Waals surface area contributed by atoms with Crippen molar-refractivity contribution in [3.8, 4) is 11.8 Å². The molecule has 0 aromatic carbocycles. The van der Waals surface area contributed by atoms with Gasteiger partial charge in [0.1, 0.15) is 42.9 Å². The van der Waals surface area contributed by atoms with Crippen molar-refractivity contribution < 1.29 is 67.7 Å². The summed E-state index contributed by atoms with van der Waals surface area (Å²) in [6, 6.07) is 0. The lowest BCUT2D eigenvalue weighted by Crippen LogP contribution is -2.43. The van der Waals surface area contributed by atoms with E-state index in [1.807, 2.05) is 0 Å². The second-order valence-corrected chi connectivity index (χ2v) is 10.1. The highest BCUT2D eigenvalue weighted by atomic mass is 16.9. The van der Waals surface area contributed by atoms with Crippen molar-refractivity contribution in [2.45, 2.75) is 83.6 Å². The van der Waals surface area contributed by atoms with Crippen molar-refractivity contribution in [2.24, 2.45) is 0 Å². The summed E-state index contributed by atoms with van der Waals surface area (Å²) in [6.45, 7) is 0.750. The molecule has 1 aromatic rings. The third-order valence-corrected chi connectivity index (χ3v) is 6.27. The smallest absolute Gasteiger partial charge is 0.333 e. The number of nitrogens with zero attached hydrogens (tertiary/aromatic N) is 1. The molecular formula is C29H40N2O16. The normalized spacial score (nSPS) is 19.5. The number of carboxylic acid groups (broad SMARTS) is 1. The largest absolute Gasteiger partial charge is 0.479 e. The van der Waals surface area contributed by atoms with E-state index in [2.05, 4.69) is 16.8 Å². The molecule has 1 aromatic heterocycles. The number of ether oxygens (including phenoxy) is 7. The summed E-state index contributed by atoms with van der Waals surface area (Å²) in [5.41, 5.74) is -1.88. The zero-order valence-electron chi connectivity index (χ0n) is 26.2. The number of ketones is 1. The van der Waals surface area contributed by atoms with Crippen molar-refractivity contribution in [1.82, 2.24) is 9.55 Å². The lowest BCUT2D eigenvalue weighted by molar-refractivity contribution is -0.321. The van der Waals surface area contributed by atoms with Crippen LogP contribution in [0.25, 0.3) is 0 Å². The standard InChI is InChI=1S/C29H40N2O16/c1-17(33)14-21(27(38)39)43-9-7-5-4-6-8-20-15-31(28(40)30-25(20)37)26-24(23(36)22(16-32)46-26)47-29(44-12-10-41-18(2)34)45-13-11-42-19(3)35/h15,21-24,26,29,32,36H,4-5,7,9-14,16H2,1-3H3,(H,38,39)(H,30,37,40)/t21?,22-,23-,24-,26-/m1/s1. The van der Waals surface area contributed by atoms with Gasteiger partial charge in [-0.05, 0) is 19.8 Å². The number of aliphatic carboxylic acids is 1. The van der Waals surface area contributed by atoms with Gasteiger partial charge < -0.3 is 48.5 Å². The molecule has 18 heteroatoms. The molecule has 47 heavy (non-hydrogen) atoms. The highest BCUT2D eigenvalue weighted by Crippen LogP contribution is 2.32. The quantitative estimate of drug-likeness (QED) is 0.0537. The molecule has 0 amide bonds. The Morgan fingerprint density at radius 1 is 0.979 bits per heavy atom. The van der Waals surface area contributed by atoms with Crippen LogP contribution < -0.4 is 11.2 Å². The van der Waals surface area contributed by atoms with Gasteiger partial charge in [-0.2, -0.15) is 0 Å². The Labute approximate surface area is 268 Å². The van der Waals surface area contributed by atoms with E-state index in [0.717, 1.165) is 10.8 Å². The maximum atomic E-state index is 12.8. The van der Waals surface area contributed by atoms with Gasteiger partial charge in [-0.1, -0.05) is 11.8 Å². The molecule has 1 saturated heterocycles. The maximum Gasteiger partial charge on any atom is 0.333 e. The Morgan fingerprint density at radius 2 is 1.62 bits per heavy atom. The number of rotatable bonds is 20. The van der Waals surface area contributed by atoms with Crippen LogP contribution in [-0.4, -0.2) is 119 Å². The van der Waals surface area contributed by atoms with Crippen LogP contribution in [-0.2, 0) is 52.3 Å². The van der Waals surface area contributed by atoms with Gasteiger partial charge in [-0.25, -0.2) is 9.59 Å². The molecule has 0 bridgehead atoms. The third-order valence-electron chi connectivity index (χ3n) is 6.27. The number of unbranched alkanes of at least 4 members (excludes halogenated alkanes) is 2. The molecule has 1 aliphatic heterocycles. The number of nitrogens with one attached hydrogen (secondary N) is 1. The highest BCUT2D eigenvalue weighted by molar-refractivity contribution is 5.83. The van der Waals surface area contributed by atoms with Gasteiger partial charge >= 0.3 is 23.6 Å². The highest BCUT2D eigenvalue weighted by Gasteiger charge is 2.47. The first-order chi connectivity index (χ1) is 22.3. The molecule has 1 unspecified atom stereocenters. The first-order valence-electron chi connectivity index (χ1n) is 14.6. The molecule has 18 nitrogen and oxygen atoms in total. The van der Waals surface area contributed by atoms with Gasteiger partial charge in [-0.15, -0.1) is 0 Å². The molecule has 5 atom stereocenters. The molecule has 0 radical (unpaired) electrons. The molecule has 0 aliphatic carbocycles. The Bertz CT molecular complexity index is 1360. The maximum absolute atomic E-state index is 12.8. The zero-order valence-corrected chi connectivity index (χ0v) is 26.2. The minimum Gasteiger partial charge on any atom is -0.479 e. The average molecular weight is 673 g/mol. The predicted molar refractivity (Wildman–Crippen MR) is 156 cm³/mol. The summed E-state index contributed by atoms with van der Waals surface area (Å²) in [6.07, 6.45) is -4.78. The first kappa shape index (κ1) is 39.2. The Hall–Kier alpha value is -3.96. The van der Waals surface area contributed by atoms with Crippen molar-refractivity contribution in [1.29, 1.82) is 0 Å². The lowest BCUT2D eigenvalue weighted by atomic mass is 10.1. The van der Waals surface area contributed by atoms with Crippen LogP contribution in [0.2, 0.25) is 0 Å². The average Bonchev–Trinajstić information content (AvgIpc) is 3.30. The molecule has 2 rings (SSSR count). The summed E-state index contributed by atoms with van der Waals surface area (Å²) < 4.78 is 38.2. The fraction of sp³-hybridized carbons (Fsp3) is 0.655. The van der Waals surface area contributed by atoms with Gasteiger partial charge in [0.25, 0.3) is 12.0 Å². The molecule has 1 aliphatic rings. The topological polar surface area (TPSA) is 248 Å². The molecule has 2 heterocycles.